The minimum absolute atomic E-state index is 0.115. The van der Waals surface area contributed by atoms with E-state index in [4.69, 9.17) is 4.74 Å². The van der Waals surface area contributed by atoms with Crippen LogP contribution in [0.1, 0.15) is 24.0 Å². The highest BCUT2D eigenvalue weighted by molar-refractivity contribution is 7.09. The summed E-state index contributed by atoms with van der Waals surface area (Å²) in [4.78, 5) is 4.39. The second-order valence-electron chi connectivity index (χ2n) is 3.43. The van der Waals surface area contributed by atoms with Gasteiger partial charge < -0.3 is 4.74 Å². The second kappa shape index (κ2) is 5.83. The second-order valence-corrected chi connectivity index (χ2v) is 4.49. The molecular formula is C12H17NOS. The van der Waals surface area contributed by atoms with E-state index in [2.05, 4.69) is 29.9 Å². The zero-order valence-electron chi connectivity index (χ0n) is 9.49. The number of rotatable bonds is 5. The molecule has 0 aliphatic rings. The van der Waals surface area contributed by atoms with Crippen molar-refractivity contribution in [2.75, 3.05) is 7.11 Å². The van der Waals surface area contributed by atoms with Crippen molar-refractivity contribution in [3.63, 3.8) is 0 Å². The standard InChI is InChI=1S/C12H17NOS/c1-5-6-12(14-4)9(2)7-11-8-15-10(3)13-11/h5,7-8,12H,1,6H2,2-4H3/b9-7+. The molecule has 0 radical (unpaired) electrons. The molecule has 3 heteroatoms. The molecule has 0 N–H and O–H groups in total. The highest BCUT2D eigenvalue weighted by Crippen LogP contribution is 2.16. The van der Waals surface area contributed by atoms with Gasteiger partial charge >= 0.3 is 0 Å². The highest BCUT2D eigenvalue weighted by atomic mass is 32.1. The van der Waals surface area contributed by atoms with E-state index in [-0.39, 0.29) is 6.10 Å². The zero-order chi connectivity index (χ0) is 11.3. The quantitative estimate of drug-likeness (QED) is 0.713. The van der Waals surface area contributed by atoms with Crippen molar-refractivity contribution in [3.8, 4) is 0 Å². The Bertz CT molecular complexity index is 354. The van der Waals surface area contributed by atoms with Crippen molar-refractivity contribution in [3.05, 3.63) is 34.3 Å². The van der Waals surface area contributed by atoms with Crippen LogP contribution < -0.4 is 0 Å². The lowest BCUT2D eigenvalue weighted by molar-refractivity contribution is 0.135. The number of hydrogen-bond donors (Lipinski definition) is 0. The molecule has 0 spiro atoms. The average Bonchev–Trinajstić information content (AvgIpc) is 2.60. The fraction of sp³-hybridized carbons (Fsp3) is 0.417. The van der Waals surface area contributed by atoms with Gasteiger partial charge in [0.05, 0.1) is 16.8 Å². The first kappa shape index (κ1) is 12.1. The topological polar surface area (TPSA) is 22.1 Å². The van der Waals surface area contributed by atoms with E-state index in [0.717, 1.165) is 17.1 Å². The monoisotopic (exact) mass is 223 g/mol. The number of hydrogen-bond acceptors (Lipinski definition) is 3. The molecule has 1 aromatic rings. The third-order valence-corrected chi connectivity index (χ3v) is 2.98. The van der Waals surface area contributed by atoms with E-state index in [0.29, 0.717) is 0 Å². The summed E-state index contributed by atoms with van der Waals surface area (Å²) >= 11 is 1.66. The fourth-order valence-corrected chi connectivity index (χ4v) is 1.96. The first-order chi connectivity index (χ1) is 7.17. The Morgan fingerprint density at radius 2 is 2.47 bits per heavy atom. The van der Waals surface area contributed by atoms with Crippen LogP contribution in [-0.2, 0) is 4.74 Å². The normalized spacial score (nSPS) is 13.9. The largest absolute Gasteiger partial charge is 0.377 e. The average molecular weight is 223 g/mol. The van der Waals surface area contributed by atoms with Gasteiger partial charge in [0, 0.05) is 12.5 Å². The predicted octanol–water partition coefficient (Wildman–Crippen LogP) is 3.45. The molecule has 2 nitrogen and oxygen atoms in total. The van der Waals surface area contributed by atoms with Crippen molar-refractivity contribution >= 4 is 17.4 Å². The Hall–Kier alpha value is -0.930. The van der Waals surface area contributed by atoms with E-state index in [1.165, 1.54) is 5.57 Å². The summed E-state index contributed by atoms with van der Waals surface area (Å²) in [6.45, 7) is 7.79. The van der Waals surface area contributed by atoms with Crippen molar-refractivity contribution in [2.24, 2.45) is 0 Å². The minimum atomic E-state index is 0.115. The van der Waals surface area contributed by atoms with Crippen molar-refractivity contribution in [1.82, 2.24) is 4.98 Å². The Balaban J connectivity index is 2.76. The van der Waals surface area contributed by atoms with Crippen LogP contribution in [0.5, 0.6) is 0 Å². The number of methoxy groups -OCH3 is 1. The van der Waals surface area contributed by atoms with Gasteiger partial charge in [0.15, 0.2) is 0 Å². The Morgan fingerprint density at radius 3 is 2.93 bits per heavy atom. The minimum Gasteiger partial charge on any atom is -0.377 e. The molecule has 1 atom stereocenters. The maximum absolute atomic E-state index is 5.37. The summed E-state index contributed by atoms with van der Waals surface area (Å²) in [5.74, 6) is 0. The Kier molecular flexibility index (Phi) is 4.72. The first-order valence-corrected chi connectivity index (χ1v) is 5.79. The van der Waals surface area contributed by atoms with Crippen LogP contribution in [0.15, 0.2) is 23.6 Å². The molecule has 1 rings (SSSR count). The fourth-order valence-electron chi connectivity index (χ4n) is 1.39. The van der Waals surface area contributed by atoms with E-state index in [1.54, 1.807) is 18.4 Å². The summed E-state index contributed by atoms with van der Waals surface area (Å²) in [5, 5.41) is 3.14. The predicted molar refractivity (Wildman–Crippen MR) is 66.1 cm³/mol. The summed E-state index contributed by atoms with van der Waals surface area (Å²) in [6.07, 6.45) is 4.89. The molecule has 0 fully saturated rings. The van der Waals surface area contributed by atoms with Crippen molar-refractivity contribution in [1.29, 1.82) is 0 Å². The lowest BCUT2D eigenvalue weighted by Crippen LogP contribution is -2.10. The molecule has 0 aliphatic carbocycles. The summed E-state index contributed by atoms with van der Waals surface area (Å²) in [5.41, 5.74) is 2.20. The summed E-state index contributed by atoms with van der Waals surface area (Å²) in [6, 6.07) is 0. The molecule has 1 heterocycles. The van der Waals surface area contributed by atoms with Crippen molar-refractivity contribution < 1.29 is 4.74 Å². The number of nitrogens with zero attached hydrogens (tertiary/aromatic N) is 1. The Morgan fingerprint density at radius 1 is 1.73 bits per heavy atom. The van der Waals surface area contributed by atoms with Crippen molar-refractivity contribution in [2.45, 2.75) is 26.4 Å². The van der Waals surface area contributed by atoms with Gasteiger partial charge in [-0.3, -0.25) is 0 Å². The maximum Gasteiger partial charge on any atom is 0.0901 e. The number of aryl methyl sites for hydroxylation is 1. The third kappa shape index (κ3) is 3.61. The molecule has 82 valence electrons. The smallest absolute Gasteiger partial charge is 0.0901 e. The molecule has 0 saturated heterocycles. The first-order valence-electron chi connectivity index (χ1n) is 4.91. The molecule has 1 unspecified atom stereocenters. The van der Waals surface area contributed by atoms with Crippen LogP contribution in [0.25, 0.3) is 6.08 Å². The molecule has 0 bridgehead atoms. The van der Waals surface area contributed by atoms with Gasteiger partial charge in [-0.15, -0.1) is 17.9 Å². The third-order valence-electron chi connectivity index (χ3n) is 2.19. The SMILES string of the molecule is C=CCC(OC)/C(C)=C/c1csc(C)n1. The molecule has 0 aromatic carbocycles. The van der Waals surface area contributed by atoms with Crippen LogP contribution in [0.4, 0.5) is 0 Å². The zero-order valence-corrected chi connectivity index (χ0v) is 10.3. The lowest BCUT2D eigenvalue weighted by Gasteiger charge is -2.13. The number of thiazole rings is 1. The van der Waals surface area contributed by atoms with E-state index >= 15 is 0 Å². The molecule has 0 amide bonds. The van der Waals surface area contributed by atoms with Crippen LogP contribution in [0, 0.1) is 6.92 Å². The van der Waals surface area contributed by atoms with Crippen LogP contribution >= 0.6 is 11.3 Å². The summed E-state index contributed by atoms with van der Waals surface area (Å²) in [7, 11) is 1.72. The highest BCUT2D eigenvalue weighted by Gasteiger charge is 2.07. The Labute approximate surface area is 95.3 Å². The number of aromatic nitrogens is 1. The van der Waals surface area contributed by atoms with Crippen LogP contribution in [0.2, 0.25) is 0 Å². The molecule has 0 saturated carbocycles. The van der Waals surface area contributed by atoms with Gasteiger partial charge in [0.2, 0.25) is 0 Å². The molecule has 0 aliphatic heterocycles. The van der Waals surface area contributed by atoms with Crippen LogP contribution in [-0.4, -0.2) is 18.2 Å². The van der Waals surface area contributed by atoms with E-state index < -0.39 is 0 Å². The lowest BCUT2D eigenvalue weighted by atomic mass is 10.1. The molecule has 1 aromatic heterocycles. The van der Waals surface area contributed by atoms with Gasteiger partial charge in [-0.1, -0.05) is 6.08 Å². The van der Waals surface area contributed by atoms with Gasteiger partial charge in [0.1, 0.15) is 0 Å². The van der Waals surface area contributed by atoms with Gasteiger partial charge in [-0.25, -0.2) is 4.98 Å². The molecule has 15 heavy (non-hydrogen) atoms. The maximum atomic E-state index is 5.37. The van der Waals surface area contributed by atoms with E-state index in [9.17, 15) is 0 Å². The molecular weight excluding hydrogens is 206 g/mol. The van der Waals surface area contributed by atoms with E-state index in [1.807, 2.05) is 13.0 Å². The van der Waals surface area contributed by atoms with Crippen LogP contribution in [0.3, 0.4) is 0 Å². The van der Waals surface area contributed by atoms with Gasteiger partial charge in [0.25, 0.3) is 0 Å². The van der Waals surface area contributed by atoms with Gasteiger partial charge in [-0.2, -0.15) is 0 Å². The van der Waals surface area contributed by atoms with Gasteiger partial charge in [-0.05, 0) is 31.9 Å². The number of ether oxygens (including phenoxy) is 1. The summed E-state index contributed by atoms with van der Waals surface area (Å²) < 4.78 is 5.37.